The molecule has 0 bridgehead atoms. The van der Waals surface area contributed by atoms with E-state index in [2.05, 4.69) is 0 Å². The van der Waals surface area contributed by atoms with E-state index in [-0.39, 0.29) is 5.82 Å². The van der Waals surface area contributed by atoms with Crippen LogP contribution in [-0.4, -0.2) is 21.6 Å². The standard InChI is InChI=1S/C14H11FO2Se/c15-10-1-3-11(4-2-10)17-12-5-6-14-13(9-12)16-7-8-18-14/h1-6,9H,7-8H2. The van der Waals surface area contributed by atoms with Crippen LogP contribution in [0.15, 0.2) is 42.5 Å². The summed E-state index contributed by atoms with van der Waals surface area (Å²) in [6.07, 6.45) is 0. The first-order chi connectivity index (χ1) is 8.81. The Morgan fingerprint density at radius 1 is 1.06 bits per heavy atom. The Bertz CT molecular complexity index is 554. The summed E-state index contributed by atoms with van der Waals surface area (Å²) >= 11 is 0.502. The van der Waals surface area contributed by atoms with Gasteiger partial charge in [-0.3, -0.25) is 0 Å². The Balaban J connectivity index is 1.82. The quantitative estimate of drug-likeness (QED) is 0.794. The van der Waals surface area contributed by atoms with Crippen molar-refractivity contribution < 1.29 is 13.9 Å². The Kier molecular flexibility index (Phi) is 3.22. The third-order valence-corrected chi connectivity index (χ3v) is 4.70. The van der Waals surface area contributed by atoms with Crippen LogP contribution in [0.2, 0.25) is 5.32 Å². The second-order valence-electron chi connectivity index (χ2n) is 3.86. The fourth-order valence-corrected chi connectivity index (χ4v) is 3.43. The molecule has 0 aromatic heterocycles. The summed E-state index contributed by atoms with van der Waals surface area (Å²) in [6.45, 7) is 0.785. The van der Waals surface area contributed by atoms with E-state index in [9.17, 15) is 4.39 Å². The van der Waals surface area contributed by atoms with Crippen molar-refractivity contribution in [2.45, 2.75) is 5.32 Å². The molecule has 0 amide bonds. The van der Waals surface area contributed by atoms with Gasteiger partial charge >= 0.3 is 111 Å². The first-order valence-electron chi connectivity index (χ1n) is 5.64. The van der Waals surface area contributed by atoms with Gasteiger partial charge in [0.2, 0.25) is 0 Å². The SMILES string of the molecule is Fc1ccc(Oc2ccc3c(c2)OCC[Se]3)cc1. The molecule has 1 aliphatic rings. The predicted molar refractivity (Wildman–Crippen MR) is 68.6 cm³/mol. The minimum absolute atomic E-state index is 0.265. The van der Waals surface area contributed by atoms with Gasteiger partial charge in [0.1, 0.15) is 0 Å². The fraction of sp³-hybridized carbons (Fsp3) is 0.143. The van der Waals surface area contributed by atoms with Gasteiger partial charge in [0.25, 0.3) is 0 Å². The van der Waals surface area contributed by atoms with Crippen LogP contribution >= 0.6 is 0 Å². The Labute approximate surface area is 111 Å². The first kappa shape index (κ1) is 11.6. The van der Waals surface area contributed by atoms with E-state index in [0.29, 0.717) is 20.7 Å². The van der Waals surface area contributed by atoms with Crippen molar-refractivity contribution in [2.24, 2.45) is 0 Å². The molecule has 18 heavy (non-hydrogen) atoms. The zero-order chi connectivity index (χ0) is 12.4. The molecule has 1 heterocycles. The van der Waals surface area contributed by atoms with Crippen LogP contribution in [0.3, 0.4) is 0 Å². The summed E-state index contributed by atoms with van der Waals surface area (Å²) in [4.78, 5) is 0. The van der Waals surface area contributed by atoms with Crippen LogP contribution in [0.25, 0.3) is 0 Å². The number of rotatable bonds is 2. The molecule has 0 atom stereocenters. The molecule has 0 spiro atoms. The number of hydrogen-bond acceptors (Lipinski definition) is 2. The zero-order valence-corrected chi connectivity index (χ0v) is 11.3. The molecule has 0 fully saturated rings. The van der Waals surface area contributed by atoms with Gasteiger partial charge in [-0.1, -0.05) is 0 Å². The third-order valence-electron chi connectivity index (χ3n) is 2.56. The Morgan fingerprint density at radius 2 is 1.83 bits per heavy atom. The van der Waals surface area contributed by atoms with Crippen molar-refractivity contribution in [1.29, 1.82) is 0 Å². The molecule has 0 unspecified atom stereocenters. The maximum absolute atomic E-state index is 12.8. The molecule has 0 saturated heterocycles. The topological polar surface area (TPSA) is 18.5 Å². The second kappa shape index (κ2) is 5.01. The minimum atomic E-state index is -0.265. The molecule has 0 N–H and O–H groups in total. The molecule has 4 heteroatoms. The van der Waals surface area contributed by atoms with Crippen LogP contribution in [0, 0.1) is 5.82 Å². The van der Waals surface area contributed by atoms with E-state index in [1.807, 2.05) is 18.2 Å². The summed E-state index contributed by atoms with van der Waals surface area (Å²) in [5, 5.41) is 1.12. The molecule has 2 nitrogen and oxygen atoms in total. The van der Waals surface area contributed by atoms with E-state index in [4.69, 9.17) is 9.47 Å². The van der Waals surface area contributed by atoms with E-state index >= 15 is 0 Å². The molecular formula is C14H11FO2Se. The van der Waals surface area contributed by atoms with Gasteiger partial charge in [-0.2, -0.15) is 0 Å². The third kappa shape index (κ3) is 2.50. The summed E-state index contributed by atoms with van der Waals surface area (Å²) in [5.41, 5.74) is 0. The van der Waals surface area contributed by atoms with Crippen molar-refractivity contribution in [3.63, 3.8) is 0 Å². The van der Waals surface area contributed by atoms with Gasteiger partial charge in [-0.25, -0.2) is 0 Å². The average molecular weight is 309 g/mol. The molecule has 2 aromatic rings. The molecule has 0 saturated carbocycles. The van der Waals surface area contributed by atoms with E-state index in [0.717, 1.165) is 23.4 Å². The zero-order valence-electron chi connectivity index (χ0n) is 9.56. The van der Waals surface area contributed by atoms with Crippen molar-refractivity contribution >= 4 is 19.4 Å². The molecular weight excluding hydrogens is 298 g/mol. The van der Waals surface area contributed by atoms with Crippen LogP contribution < -0.4 is 13.9 Å². The monoisotopic (exact) mass is 310 g/mol. The summed E-state index contributed by atoms with van der Waals surface area (Å²) in [6, 6.07) is 11.9. The molecule has 2 aromatic carbocycles. The number of benzene rings is 2. The summed E-state index contributed by atoms with van der Waals surface area (Å²) < 4.78 is 25.3. The fourth-order valence-electron chi connectivity index (χ4n) is 1.73. The van der Waals surface area contributed by atoms with Gasteiger partial charge in [0.15, 0.2) is 0 Å². The normalized spacial score (nSPS) is 13.6. The van der Waals surface area contributed by atoms with Crippen LogP contribution in [-0.2, 0) is 0 Å². The van der Waals surface area contributed by atoms with Gasteiger partial charge in [-0.05, 0) is 0 Å². The second-order valence-corrected chi connectivity index (χ2v) is 6.25. The summed E-state index contributed by atoms with van der Waals surface area (Å²) in [5.74, 6) is 2.00. The van der Waals surface area contributed by atoms with Crippen molar-refractivity contribution in [2.75, 3.05) is 6.61 Å². The molecule has 3 rings (SSSR count). The van der Waals surface area contributed by atoms with E-state index < -0.39 is 0 Å². The van der Waals surface area contributed by atoms with Gasteiger partial charge in [-0.15, -0.1) is 0 Å². The van der Waals surface area contributed by atoms with E-state index in [1.165, 1.54) is 16.6 Å². The number of halogens is 1. The van der Waals surface area contributed by atoms with Gasteiger partial charge < -0.3 is 0 Å². The van der Waals surface area contributed by atoms with Gasteiger partial charge in [0, 0.05) is 0 Å². The molecule has 1 aliphatic heterocycles. The molecule has 92 valence electrons. The number of fused-ring (bicyclic) bond motifs is 1. The number of ether oxygens (including phenoxy) is 2. The molecule has 0 aliphatic carbocycles. The molecule has 0 radical (unpaired) electrons. The predicted octanol–water partition coefficient (Wildman–Crippen LogP) is 2.76. The van der Waals surface area contributed by atoms with Crippen molar-refractivity contribution in [3.8, 4) is 17.2 Å². The van der Waals surface area contributed by atoms with Crippen LogP contribution in [0.5, 0.6) is 17.2 Å². The van der Waals surface area contributed by atoms with Crippen molar-refractivity contribution in [1.82, 2.24) is 0 Å². The summed E-state index contributed by atoms with van der Waals surface area (Å²) in [7, 11) is 0. The van der Waals surface area contributed by atoms with Crippen LogP contribution in [0.4, 0.5) is 4.39 Å². The average Bonchev–Trinajstić information content (AvgIpc) is 2.41. The Hall–Kier alpha value is -1.51. The van der Waals surface area contributed by atoms with E-state index in [1.54, 1.807) is 12.1 Å². The van der Waals surface area contributed by atoms with Gasteiger partial charge in [0.05, 0.1) is 0 Å². The maximum atomic E-state index is 12.8. The Morgan fingerprint density at radius 3 is 2.67 bits per heavy atom. The number of hydrogen-bond donors (Lipinski definition) is 0. The first-order valence-corrected chi connectivity index (χ1v) is 7.71. The van der Waals surface area contributed by atoms with Crippen molar-refractivity contribution in [3.05, 3.63) is 48.3 Å². The van der Waals surface area contributed by atoms with Crippen LogP contribution in [0.1, 0.15) is 0 Å².